The molecule has 1 radical (unpaired) electrons. The number of rotatable bonds is 0. The summed E-state index contributed by atoms with van der Waals surface area (Å²) in [4.78, 5) is 0. The fourth-order valence-electron chi connectivity index (χ4n) is 0. The summed E-state index contributed by atoms with van der Waals surface area (Å²) in [6.07, 6.45) is 0. The van der Waals surface area contributed by atoms with E-state index in [0.717, 1.165) is 0 Å². The summed E-state index contributed by atoms with van der Waals surface area (Å²) < 4.78 is 47.0. The number of hydrogen-bond acceptors (Lipinski definition) is 3. The second kappa shape index (κ2) is 52.6. The zero-order chi connectivity index (χ0) is 8.12. The Hall–Kier alpha value is 2.88. The van der Waals surface area contributed by atoms with E-state index >= 15 is 0 Å². The van der Waals surface area contributed by atoms with Gasteiger partial charge in [0.2, 0.25) is 0 Å². The second-order valence-corrected chi connectivity index (χ2v) is 0.949. The van der Waals surface area contributed by atoms with Crippen LogP contribution in [0.15, 0.2) is 0 Å². The molecule has 0 aliphatic rings. The molecule has 0 aromatic rings. The maximum absolute atomic E-state index is 8.57. The monoisotopic (exact) mass is 409 g/mol. The van der Waals surface area contributed by atoms with E-state index in [0.29, 0.717) is 0 Å². The molecule has 11 heteroatoms. The largest absolute Gasteiger partial charge is 0 e. The first-order chi connectivity index (χ1) is 4.24. The molecule has 0 rings (SSSR count). The standard InChI is InChI=1S/3Al.Ce.3H2O.3O.Y/h;;;;3*1H2;;;;/q3*+1;;;;;;;;/p-3. The van der Waals surface area contributed by atoms with Gasteiger partial charge in [-0.15, -0.1) is 0 Å². The van der Waals surface area contributed by atoms with Crippen LogP contribution in [0.4, 0.5) is 0 Å². The molecule has 11 heavy (non-hydrogen) atoms. The Bertz CT molecular complexity index is 54.6. The van der Waals surface area contributed by atoms with Crippen molar-refractivity contribution in [1.82, 2.24) is 0 Å². The molecular formula is H3Al3CeO6Y. The van der Waals surface area contributed by atoms with Gasteiger partial charge in [-0.2, -0.15) is 0 Å². The summed E-state index contributed by atoms with van der Waals surface area (Å²) in [5.41, 5.74) is 0. The molecule has 0 saturated carbocycles. The molecule has 6 nitrogen and oxygen atoms in total. The summed E-state index contributed by atoms with van der Waals surface area (Å²) in [5.74, 6) is 0. The van der Waals surface area contributed by atoms with Crippen molar-refractivity contribution in [3.8, 4) is 0 Å². The van der Waals surface area contributed by atoms with Crippen LogP contribution in [0, 0.1) is 41.7 Å². The third-order valence-electron chi connectivity index (χ3n) is 0. The Morgan fingerprint density at radius 1 is 0.727 bits per heavy atom. The fraction of sp³-hybridized carbons (Fsp3) is 0. The maximum Gasteiger partial charge on any atom is 0 e. The third kappa shape index (κ3) is 184. The summed E-state index contributed by atoms with van der Waals surface area (Å²) in [5, 5.41) is 0. The van der Waals surface area contributed by atoms with Gasteiger partial charge in [0.15, 0.2) is 0 Å². The van der Waals surface area contributed by atoms with Gasteiger partial charge in [-0.1, -0.05) is 0 Å². The fourth-order valence-corrected chi connectivity index (χ4v) is 0. The molecule has 0 amide bonds. The van der Waals surface area contributed by atoms with E-state index in [1.807, 2.05) is 0 Å². The molecule has 0 heterocycles. The first-order valence-electron chi connectivity index (χ1n) is 1.48. The van der Waals surface area contributed by atoms with E-state index < -0.39 is 46.5 Å². The topological polar surface area (TPSA) is 112 Å². The Kier molecular flexibility index (Phi) is 140. The van der Waals surface area contributed by atoms with Crippen molar-refractivity contribution in [1.29, 1.82) is 0 Å². The predicted molar refractivity (Wildman–Crippen MR) is 26.0 cm³/mol. The molecule has 0 aliphatic carbocycles. The van der Waals surface area contributed by atoms with Gasteiger partial charge in [0.05, 0.1) is 0 Å². The van der Waals surface area contributed by atoms with Gasteiger partial charge in [0.25, 0.3) is 0 Å². The average Bonchev–Trinajstić information content (AvgIpc) is 1.70. The minimum absolute atomic E-state index is 0. The molecular weight excluding hydrogens is 406 g/mol. The van der Waals surface area contributed by atoms with Crippen LogP contribution in [0.2, 0.25) is 0 Å². The molecule has 3 N–H and O–H groups in total. The summed E-state index contributed by atoms with van der Waals surface area (Å²) in [6, 6.07) is 0. The minimum atomic E-state index is -1.50. The van der Waals surface area contributed by atoms with Gasteiger partial charge in [0.1, 0.15) is 0 Å². The maximum atomic E-state index is 8.57. The zero-order valence-electron chi connectivity index (χ0n) is 5.38. The van der Waals surface area contributed by atoms with Crippen LogP contribution < -0.4 is 0 Å². The molecule has 0 aliphatic heterocycles. The van der Waals surface area contributed by atoms with Gasteiger partial charge < -0.3 is 0 Å². The average molecular weight is 409 g/mol. The molecule has 0 bridgehead atoms. The summed E-state index contributed by atoms with van der Waals surface area (Å²) >= 11 is -4.50. The van der Waals surface area contributed by atoms with Crippen LogP contribution in [0.3, 0.4) is 0 Å². The van der Waals surface area contributed by atoms with Gasteiger partial charge in [-0.25, -0.2) is 0 Å². The summed E-state index contributed by atoms with van der Waals surface area (Å²) in [6.45, 7) is 0. The molecule has 0 spiro atoms. The van der Waals surface area contributed by atoms with Crippen LogP contribution in [0.25, 0.3) is 0 Å². The van der Waals surface area contributed by atoms with Crippen molar-refractivity contribution in [2.24, 2.45) is 0 Å². The van der Waals surface area contributed by atoms with E-state index in [1.165, 1.54) is 0 Å². The Balaban J connectivity index is -0.0000000150. The SMILES string of the molecule is [Ce].[O]=[Al][OH].[O]=[Al][OH].[O]=[Al][OH].[Y]. The molecule has 0 aromatic carbocycles. The molecule has 0 atom stereocenters. The Labute approximate surface area is 142 Å². The normalized spacial score (nSPS) is 2.18. The van der Waals surface area contributed by atoms with Crippen LogP contribution in [-0.4, -0.2) is 58.9 Å². The second-order valence-electron chi connectivity index (χ2n) is 0.316. The first kappa shape index (κ1) is 29.2. The molecule has 0 aromatic heterocycles. The van der Waals surface area contributed by atoms with E-state index in [2.05, 4.69) is 0 Å². The van der Waals surface area contributed by atoms with E-state index in [1.54, 1.807) is 0 Å². The smallest absolute Gasteiger partial charge is 0 e. The van der Waals surface area contributed by atoms with Crippen LogP contribution in [0.5, 0.6) is 0 Å². The van der Waals surface area contributed by atoms with Gasteiger partial charge in [-0.05, 0) is 0 Å². The number of hydrogen-bond donors (Lipinski definition) is 3. The van der Waals surface area contributed by atoms with Crippen molar-refractivity contribution in [2.75, 3.05) is 0 Å². The van der Waals surface area contributed by atoms with Crippen molar-refractivity contribution in [2.45, 2.75) is 0 Å². The van der Waals surface area contributed by atoms with Gasteiger partial charge >= 0.3 is 70.3 Å². The predicted octanol–water partition coefficient (Wildman–Crippen LogP) is -3.17. The summed E-state index contributed by atoms with van der Waals surface area (Å²) in [7, 11) is 0. The quantitative estimate of drug-likeness (QED) is 0.364. The van der Waals surface area contributed by atoms with E-state index in [-0.39, 0.29) is 74.5 Å². The van der Waals surface area contributed by atoms with Crippen molar-refractivity contribution in [3.05, 3.63) is 0 Å². The van der Waals surface area contributed by atoms with Crippen LogP contribution >= 0.6 is 0 Å². The van der Waals surface area contributed by atoms with E-state index in [9.17, 15) is 0 Å². The van der Waals surface area contributed by atoms with Crippen LogP contribution in [0.1, 0.15) is 0 Å². The van der Waals surface area contributed by atoms with Crippen LogP contribution in [-0.2, 0) is 44.1 Å². The van der Waals surface area contributed by atoms with E-state index in [4.69, 9.17) is 23.9 Å². The molecule has 0 fully saturated rings. The zero-order valence-corrected chi connectivity index (χ0v) is 14.8. The molecule has 0 unspecified atom stereocenters. The van der Waals surface area contributed by atoms with Crippen molar-refractivity contribution < 1.29 is 98.3 Å². The first-order valence-corrected chi connectivity index (χ1v) is 4.45. The molecule has 55 valence electrons. The molecule has 0 saturated heterocycles. The van der Waals surface area contributed by atoms with Gasteiger partial charge in [0, 0.05) is 74.5 Å². The van der Waals surface area contributed by atoms with Crippen molar-refractivity contribution in [3.63, 3.8) is 0 Å². The van der Waals surface area contributed by atoms with Gasteiger partial charge in [-0.3, -0.25) is 0 Å². The Morgan fingerprint density at radius 3 is 0.727 bits per heavy atom. The minimum Gasteiger partial charge on any atom is 0 e. The Morgan fingerprint density at radius 2 is 0.727 bits per heavy atom. The van der Waals surface area contributed by atoms with Crippen molar-refractivity contribution >= 4 is 46.5 Å². The third-order valence-corrected chi connectivity index (χ3v) is 0.